The van der Waals surface area contributed by atoms with Gasteiger partial charge in [-0.3, -0.25) is 4.90 Å². The summed E-state index contributed by atoms with van der Waals surface area (Å²) in [5.74, 6) is 0.629. The first-order chi connectivity index (χ1) is 19.7. The zero-order valence-corrected chi connectivity index (χ0v) is 24.0. The van der Waals surface area contributed by atoms with E-state index in [9.17, 15) is 4.79 Å². The average Bonchev–Trinajstić information content (AvgIpc) is 3.73. The van der Waals surface area contributed by atoms with Crippen LogP contribution in [0.1, 0.15) is 94.6 Å². The summed E-state index contributed by atoms with van der Waals surface area (Å²) in [7, 11) is 0. The maximum Gasteiger partial charge on any atom is 0.410 e. The Bertz CT molecular complexity index is 1360. The fourth-order valence-electron chi connectivity index (χ4n) is 6.33. The van der Waals surface area contributed by atoms with Gasteiger partial charge in [0, 0.05) is 43.0 Å². The van der Waals surface area contributed by atoms with Gasteiger partial charge in [-0.1, -0.05) is 0 Å². The first-order valence-electron chi connectivity index (χ1n) is 14.7. The number of aromatic amines is 2. The zero-order valence-electron chi connectivity index (χ0n) is 24.0. The minimum atomic E-state index is -0.569. The Hall–Kier alpha value is -3.47. The number of imidazole rings is 2. The van der Waals surface area contributed by atoms with E-state index in [0.717, 1.165) is 62.4 Å². The second-order valence-corrected chi connectivity index (χ2v) is 12.4. The van der Waals surface area contributed by atoms with Crippen LogP contribution >= 0.6 is 0 Å². The Morgan fingerprint density at radius 1 is 0.951 bits per heavy atom. The number of carbonyl (C=O) groups is 1. The third-order valence-corrected chi connectivity index (χ3v) is 8.38. The molecule has 3 aliphatic rings. The molecule has 3 aromatic rings. The summed E-state index contributed by atoms with van der Waals surface area (Å²) in [6.07, 6.45) is 8.45. The highest BCUT2D eigenvalue weighted by Crippen LogP contribution is 2.37. The first kappa shape index (κ1) is 27.7. The molecular formula is C30H39F2N7O2. The number of aromatic nitrogens is 4. The van der Waals surface area contributed by atoms with Crippen LogP contribution in [0.3, 0.4) is 0 Å². The maximum absolute atomic E-state index is 15.3. The number of benzene rings is 1. The number of nitrogens with one attached hydrogen (secondary N) is 3. The van der Waals surface area contributed by atoms with Crippen LogP contribution < -0.4 is 10.2 Å². The normalized spacial score (nSPS) is 22.1. The van der Waals surface area contributed by atoms with E-state index in [-0.39, 0.29) is 29.8 Å². The quantitative estimate of drug-likeness (QED) is 0.352. The number of amides is 1. The van der Waals surface area contributed by atoms with Crippen LogP contribution in [0.2, 0.25) is 0 Å². The lowest BCUT2D eigenvalue weighted by Gasteiger charge is -2.33. The summed E-state index contributed by atoms with van der Waals surface area (Å²) in [6, 6.07) is 2.80. The monoisotopic (exact) mass is 567 g/mol. The van der Waals surface area contributed by atoms with Crippen molar-refractivity contribution < 1.29 is 18.3 Å². The van der Waals surface area contributed by atoms with E-state index in [2.05, 4.69) is 25.3 Å². The topological polar surface area (TPSA) is 102 Å². The van der Waals surface area contributed by atoms with Gasteiger partial charge in [0.25, 0.3) is 0 Å². The van der Waals surface area contributed by atoms with Gasteiger partial charge in [-0.15, -0.1) is 0 Å². The fraction of sp³-hybridized carbons (Fsp3) is 0.567. The molecule has 1 amide bonds. The maximum atomic E-state index is 15.3. The lowest BCUT2D eigenvalue weighted by molar-refractivity contribution is 0.0218. The van der Waals surface area contributed by atoms with Crippen LogP contribution in [0.4, 0.5) is 19.3 Å². The Kier molecular flexibility index (Phi) is 7.48. The number of ether oxygens (including phenoxy) is 1. The number of piperidine rings is 1. The molecule has 0 bridgehead atoms. The number of hydrogen-bond donors (Lipinski definition) is 3. The Morgan fingerprint density at radius 2 is 1.68 bits per heavy atom. The second kappa shape index (κ2) is 11.1. The number of carbonyl (C=O) groups excluding carboxylic acids is 1. The van der Waals surface area contributed by atoms with Gasteiger partial charge in [0.15, 0.2) is 0 Å². The zero-order chi connectivity index (χ0) is 28.7. The van der Waals surface area contributed by atoms with Gasteiger partial charge in [-0.2, -0.15) is 0 Å². The van der Waals surface area contributed by atoms with Crippen LogP contribution in [-0.2, 0) is 4.74 Å². The highest BCUT2D eigenvalue weighted by Gasteiger charge is 2.35. The van der Waals surface area contributed by atoms with E-state index in [1.54, 1.807) is 16.0 Å². The molecule has 2 atom stereocenters. The first-order valence-corrected chi connectivity index (χ1v) is 14.7. The SMILES string of the molecule is CC(C)(C)OC(=O)N1CCC[C@H]1c1ncc(C2CCN(c3c(F)cc(-c4cnc([C@@H]5CCCN5)[nH]4)cc3F)CC2)[nH]1. The van der Waals surface area contributed by atoms with Crippen molar-refractivity contribution in [3.63, 3.8) is 0 Å². The van der Waals surface area contributed by atoms with Crippen molar-refractivity contribution in [3.05, 3.63) is 53.5 Å². The van der Waals surface area contributed by atoms with E-state index in [1.165, 1.54) is 12.1 Å². The number of hydrogen-bond acceptors (Lipinski definition) is 6. The summed E-state index contributed by atoms with van der Waals surface area (Å²) < 4.78 is 36.2. The summed E-state index contributed by atoms with van der Waals surface area (Å²) >= 11 is 0. The molecule has 3 fully saturated rings. The van der Waals surface area contributed by atoms with E-state index in [0.29, 0.717) is 30.9 Å². The van der Waals surface area contributed by atoms with E-state index >= 15 is 8.78 Å². The molecule has 3 aliphatic heterocycles. The van der Waals surface area contributed by atoms with Gasteiger partial charge in [-0.05, 0) is 78.0 Å². The molecule has 0 aliphatic carbocycles. The molecule has 2 aromatic heterocycles. The highest BCUT2D eigenvalue weighted by molar-refractivity contribution is 5.69. The van der Waals surface area contributed by atoms with Gasteiger partial charge < -0.3 is 24.9 Å². The number of rotatable bonds is 5. The van der Waals surface area contributed by atoms with Crippen molar-refractivity contribution in [1.82, 2.24) is 30.2 Å². The van der Waals surface area contributed by atoms with Gasteiger partial charge in [0.05, 0.1) is 24.0 Å². The molecule has 220 valence electrons. The number of nitrogens with zero attached hydrogens (tertiary/aromatic N) is 4. The Labute approximate surface area is 239 Å². The fourth-order valence-corrected chi connectivity index (χ4v) is 6.33. The molecule has 0 saturated carbocycles. The molecule has 0 unspecified atom stereocenters. The molecule has 1 aromatic carbocycles. The predicted molar refractivity (Wildman–Crippen MR) is 152 cm³/mol. The van der Waals surface area contributed by atoms with Crippen LogP contribution in [0.5, 0.6) is 0 Å². The van der Waals surface area contributed by atoms with Gasteiger partial charge >= 0.3 is 6.09 Å². The summed E-state index contributed by atoms with van der Waals surface area (Å²) in [4.78, 5) is 32.0. The van der Waals surface area contributed by atoms with Crippen LogP contribution in [0.25, 0.3) is 11.3 Å². The molecule has 9 nitrogen and oxygen atoms in total. The predicted octanol–water partition coefficient (Wildman–Crippen LogP) is 5.96. The van der Waals surface area contributed by atoms with Crippen LogP contribution in [0, 0.1) is 11.6 Å². The lowest BCUT2D eigenvalue weighted by Crippen LogP contribution is -2.36. The van der Waals surface area contributed by atoms with Gasteiger partial charge in [0.2, 0.25) is 0 Å². The van der Waals surface area contributed by atoms with Crippen molar-refractivity contribution in [2.24, 2.45) is 0 Å². The van der Waals surface area contributed by atoms with E-state index in [4.69, 9.17) is 4.74 Å². The number of halogens is 2. The van der Waals surface area contributed by atoms with Crippen molar-refractivity contribution in [2.75, 3.05) is 31.1 Å². The minimum absolute atomic E-state index is 0.0219. The summed E-state index contributed by atoms with van der Waals surface area (Å²) in [5.41, 5.74) is 1.53. The molecule has 41 heavy (non-hydrogen) atoms. The minimum Gasteiger partial charge on any atom is -0.444 e. The summed E-state index contributed by atoms with van der Waals surface area (Å²) in [5, 5.41) is 3.38. The number of anilines is 1. The number of H-pyrrole nitrogens is 2. The molecule has 5 heterocycles. The molecule has 3 N–H and O–H groups in total. The van der Waals surface area contributed by atoms with E-state index in [1.807, 2.05) is 27.0 Å². The standard InChI is InChI=1S/C30H39F2N7O2/c1-30(2,3)41-29(40)39-11-5-7-25(39)28-35-16-23(37-28)18-8-12-38(13-9-18)26-20(31)14-19(15-21(26)32)24-17-34-27(36-24)22-6-4-10-33-22/h14-18,22,25,33H,4-13H2,1-3H3,(H,34,36)(H,35,37)/t22-,25-/m0/s1. The van der Waals surface area contributed by atoms with Crippen molar-refractivity contribution >= 4 is 11.8 Å². The molecule has 6 rings (SSSR count). The Morgan fingerprint density at radius 3 is 2.37 bits per heavy atom. The van der Waals surface area contributed by atoms with E-state index < -0.39 is 17.2 Å². The molecule has 0 spiro atoms. The van der Waals surface area contributed by atoms with Crippen molar-refractivity contribution in [3.8, 4) is 11.3 Å². The van der Waals surface area contributed by atoms with Gasteiger partial charge in [0.1, 0.15) is 34.6 Å². The third-order valence-electron chi connectivity index (χ3n) is 8.38. The molecule has 11 heteroatoms. The Balaban J connectivity index is 1.10. The highest BCUT2D eigenvalue weighted by atomic mass is 19.1. The lowest BCUT2D eigenvalue weighted by atomic mass is 9.93. The third kappa shape index (κ3) is 5.82. The smallest absolute Gasteiger partial charge is 0.410 e. The summed E-state index contributed by atoms with van der Waals surface area (Å²) in [6.45, 7) is 8.24. The van der Waals surface area contributed by atoms with Crippen LogP contribution in [0.15, 0.2) is 24.5 Å². The molecule has 0 radical (unpaired) electrons. The molecular weight excluding hydrogens is 528 g/mol. The molecule has 3 saturated heterocycles. The number of likely N-dealkylation sites (tertiary alicyclic amines) is 1. The average molecular weight is 568 g/mol. The van der Waals surface area contributed by atoms with Gasteiger partial charge in [-0.25, -0.2) is 23.5 Å². The largest absolute Gasteiger partial charge is 0.444 e. The van der Waals surface area contributed by atoms with Crippen molar-refractivity contribution in [1.29, 1.82) is 0 Å². The second-order valence-electron chi connectivity index (χ2n) is 12.4. The van der Waals surface area contributed by atoms with Crippen molar-refractivity contribution in [2.45, 2.75) is 82.9 Å². The van der Waals surface area contributed by atoms with Crippen LogP contribution in [-0.4, -0.2) is 62.7 Å².